The summed E-state index contributed by atoms with van der Waals surface area (Å²) in [4.78, 5) is 15.1. The molecule has 0 saturated heterocycles. The molecule has 0 saturated carbocycles. The van der Waals surface area contributed by atoms with Crippen molar-refractivity contribution >= 4 is 11.6 Å². The molecule has 0 aromatic carbocycles. The molecule has 0 aliphatic rings. The first-order chi connectivity index (χ1) is 7.59. The van der Waals surface area contributed by atoms with Crippen LogP contribution in [-0.2, 0) is 13.6 Å². The average molecular weight is 239 g/mol. The Labute approximate surface area is 97.3 Å². The molecule has 84 valence electrons. The maximum absolute atomic E-state index is 11.4. The highest BCUT2D eigenvalue weighted by atomic mass is 35.5. The molecule has 5 nitrogen and oxygen atoms in total. The molecular weight excluding hydrogens is 228 g/mol. The summed E-state index contributed by atoms with van der Waals surface area (Å²) in [5.74, 6) is 0. The third kappa shape index (κ3) is 1.86. The predicted molar refractivity (Wildman–Crippen MR) is 60.6 cm³/mol. The van der Waals surface area contributed by atoms with Gasteiger partial charge in [-0.25, -0.2) is 9.78 Å². The molecule has 0 spiro atoms. The van der Waals surface area contributed by atoms with E-state index in [0.29, 0.717) is 11.6 Å². The lowest BCUT2D eigenvalue weighted by Crippen LogP contribution is -2.23. The summed E-state index contributed by atoms with van der Waals surface area (Å²) >= 11 is 6.10. The zero-order valence-electron chi connectivity index (χ0n) is 9.01. The topological polar surface area (TPSA) is 52.7 Å². The lowest BCUT2D eigenvalue weighted by Gasteiger charge is -2.05. The summed E-state index contributed by atoms with van der Waals surface area (Å²) in [5.41, 5.74) is 1.27. The van der Waals surface area contributed by atoms with E-state index in [-0.39, 0.29) is 5.69 Å². The van der Waals surface area contributed by atoms with Crippen molar-refractivity contribution in [3.8, 4) is 0 Å². The Hall–Kier alpha value is -1.62. The fraction of sp³-hybridized carbons (Fsp3) is 0.300. The Morgan fingerprint density at radius 2 is 2.25 bits per heavy atom. The minimum atomic E-state index is -0.294. The van der Waals surface area contributed by atoms with Crippen LogP contribution in [0.15, 0.2) is 23.3 Å². The first-order valence-corrected chi connectivity index (χ1v) is 5.17. The number of nitrogens with zero attached hydrogens (tertiary/aromatic N) is 4. The highest BCUT2D eigenvalue weighted by Crippen LogP contribution is 2.19. The Bertz CT molecular complexity index is 572. The first-order valence-electron chi connectivity index (χ1n) is 4.79. The van der Waals surface area contributed by atoms with E-state index in [0.717, 1.165) is 11.4 Å². The largest absolute Gasteiger partial charge is 0.347 e. The highest BCUT2D eigenvalue weighted by molar-refractivity contribution is 6.31. The minimum absolute atomic E-state index is 0.294. The van der Waals surface area contributed by atoms with Gasteiger partial charge in [0, 0.05) is 19.4 Å². The molecule has 2 heterocycles. The predicted octanol–water partition coefficient (Wildman–Crippen LogP) is 0.987. The van der Waals surface area contributed by atoms with Gasteiger partial charge in [0.15, 0.2) is 0 Å². The Balaban J connectivity index is 2.42. The van der Waals surface area contributed by atoms with Gasteiger partial charge in [-0.05, 0) is 13.0 Å². The van der Waals surface area contributed by atoms with Gasteiger partial charge in [-0.3, -0.25) is 9.25 Å². The van der Waals surface area contributed by atoms with Crippen LogP contribution in [0.25, 0.3) is 0 Å². The van der Waals surface area contributed by atoms with E-state index in [9.17, 15) is 4.79 Å². The molecule has 0 aliphatic carbocycles. The molecule has 2 aromatic rings. The number of aromatic nitrogens is 4. The summed E-state index contributed by atoms with van der Waals surface area (Å²) in [6.45, 7) is 2.21. The molecular formula is C10H11ClN4O. The second kappa shape index (κ2) is 4.09. The van der Waals surface area contributed by atoms with E-state index in [2.05, 4.69) is 10.1 Å². The second-order valence-electron chi connectivity index (χ2n) is 3.50. The van der Waals surface area contributed by atoms with Crippen molar-refractivity contribution in [1.82, 2.24) is 19.3 Å². The quantitative estimate of drug-likeness (QED) is 0.784. The molecule has 16 heavy (non-hydrogen) atoms. The minimum Gasteiger partial charge on any atom is -0.293 e. The smallest absolute Gasteiger partial charge is 0.293 e. The van der Waals surface area contributed by atoms with Crippen molar-refractivity contribution < 1.29 is 0 Å². The van der Waals surface area contributed by atoms with E-state index in [1.54, 1.807) is 24.0 Å². The van der Waals surface area contributed by atoms with E-state index in [1.807, 2.05) is 6.92 Å². The molecule has 0 radical (unpaired) electrons. The zero-order chi connectivity index (χ0) is 11.7. The van der Waals surface area contributed by atoms with Gasteiger partial charge < -0.3 is 0 Å². The number of rotatable bonds is 2. The van der Waals surface area contributed by atoms with Crippen molar-refractivity contribution in [2.45, 2.75) is 13.5 Å². The number of hydrogen-bond acceptors (Lipinski definition) is 3. The highest BCUT2D eigenvalue weighted by Gasteiger charge is 2.11. The van der Waals surface area contributed by atoms with Crippen LogP contribution in [0.3, 0.4) is 0 Å². The third-order valence-corrected chi connectivity index (χ3v) is 2.86. The molecule has 6 heteroatoms. The van der Waals surface area contributed by atoms with E-state index in [1.165, 1.54) is 10.8 Å². The first kappa shape index (κ1) is 10.9. The van der Waals surface area contributed by atoms with Gasteiger partial charge >= 0.3 is 5.69 Å². The van der Waals surface area contributed by atoms with Crippen LogP contribution in [0, 0.1) is 6.92 Å². The third-order valence-electron chi connectivity index (χ3n) is 2.36. The second-order valence-corrected chi connectivity index (χ2v) is 3.88. The average Bonchev–Trinajstić information content (AvgIpc) is 2.48. The molecule has 2 rings (SSSR count). The van der Waals surface area contributed by atoms with Gasteiger partial charge in [-0.1, -0.05) is 11.6 Å². The molecule has 2 aromatic heterocycles. The number of halogens is 1. The van der Waals surface area contributed by atoms with Crippen molar-refractivity contribution in [2.75, 3.05) is 0 Å². The lowest BCUT2D eigenvalue weighted by atomic mass is 10.3. The zero-order valence-corrected chi connectivity index (χ0v) is 9.77. The molecule has 0 unspecified atom stereocenters. The van der Waals surface area contributed by atoms with Crippen LogP contribution in [-0.4, -0.2) is 19.3 Å². The molecule has 0 atom stereocenters. The van der Waals surface area contributed by atoms with Crippen molar-refractivity contribution in [3.05, 3.63) is 45.4 Å². The summed E-state index contributed by atoms with van der Waals surface area (Å²) < 4.78 is 3.17. The van der Waals surface area contributed by atoms with Crippen LogP contribution < -0.4 is 5.69 Å². The van der Waals surface area contributed by atoms with Gasteiger partial charge in [-0.15, -0.1) is 0 Å². The summed E-state index contributed by atoms with van der Waals surface area (Å²) in [5, 5.41) is 4.78. The monoisotopic (exact) mass is 238 g/mol. The van der Waals surface area contributed by atoms with Gasteiger partial charge in [0.25, 0.3) is 0 Å². The Morgan fingerprint density at radius 3 is 2.81 bits per heavy atom. The Kier molecular flexibility index (Phi) is 2.78. The number of hydrogen-bond donors (Lipinski definition) is 0. The number of aryl methyl sites for hydroxylation is 2. The van der Waals surface area contributed by atoms with Crippen LogP contribution in [0.5, 0.6) is 0 Å². The standard InChI is InChI=1S/C10H11ClN4O/c1-7-9(11)8(14(2)13-7)6-15-5-3-4-12-10(15)16/h3-5H,6H2,1-2H3. The normalized spacial score (nSPS) is 10.7. The van der Waals surface area contributed by atoms with Gasteiger partial charge in [0.05, 0.1) is 23.0 Å². The molecule has 0 amide bonds. The summed E-state index contributed by atoms with van der Waals surface area (Å²) in [6.07, 6.45) is 3.14. The van der Waals surface area contributed by atoms with Crippen molar-refractivity contribution in [2.24, 2.45) is 7.05 Å². The van der Waals surface area contributed by atoms with Crippen molar-refractivity contribution in [3.63, 3.8) is 0 Å². The SMILES string of the molecule is Cc1nn(C)c(Cn2cccnc2=O)c1Cl. The molecule has 0 aliphatic heterocycles. The van der Waals surface area contributed by atoms with Crippen LogP contribution >= 0.6 is 11.6 Å². The fourth-order valence-corrected chi connectivity index (χ4v) is 1.74. The van der Waals surface area contributed by atoms with E-state index in [4.69, 9.17) is 11.6 Å². The van der Waals surface area contributed by atoms with E-state index < -0.39 is 0 Å². The van der Waals surface area contributed by atoms with Gasteiger partial charge in [-0.2, -0.15) is 5.10 Å². The fourth-order valence-electron chi connectivity index (χ4n) is 1.52. The van der Waals surface area contributed by atoms with Crippen LogP contribution in [0.4, 0.5) is 0 Å². The maximum Gasteiger partial charge on any atom is 0.347 e. The molecule has 0 fully saturated rings. The molecule has 0 bridgehead atoms. The van der Waals surface area contributed by atoms with Gasteiger partial charge in [0.1, 0.15) is 0 Å². The van der Waals surface area contributed by atoms with Crippen LogP contribution in [0.2, 0.25) is 5.02 Å². The van der Waals surface area contributed by atoms with Crippen molar-refractivity contribution in [1.29, 1.82) is 0 Å². The summed E-state index contributed by atoms with van der Waals surface area (Å²) in [6, 6.07) is 1.71. The Morgan fingerprint density at radius 1 is 1.50 bits per heavy atom. The van der Waals surface area contributed by atoms with Gasteiger partial charge in [0.2, 0.25) is 0 Å². The molecule has 0 N–H and O–H groups in total. The van der Waals surface area contributed by atoms with E-state index >= 15 is 0 Å². The van der Waals surface area contributed by atoms with Crippen LogP contribution in [0.1, 0.15) is 11.4 Å². The lowest BCUT2D eigenvalue weighted by molar-refractivity contribution is 0.640. The summed E-state index contributed by atoms with van der Waals surface area (Å²) in [7, 11) is 1.80. The maximum atomic E-state index is 11.4.